The Morgan fingerprint density at radius 3 is 2.55 bits per heavy atom. The van der Waals surface area contributed by atoms with Gasteiger partial charge in [0.25, 0.3) is 11.8 Å². The average Bonchev–Trinajstić information content (AvgIpc) is 3.53. The second-order valence-electron chi connectivity index (χ2n) is 9.33. The topological polar surface area (TPSA) is 133 Å². The van der Waals surface area contributed by atoms with E-state index in [0.717, 1.165) is 13.0 Å². The molecule has 208 valence electrons. The third-order valence-corrected chi connectivity index (χ3v) is 6.86. The third kappa shape index (κ3) is 6.30. The van der Waals surface area contributed by atoms with Crippen LogP contribution in [0.2, 0.25) is 5.02 Å². The Balaban J connectivity index is 1.50. The molecule has 3 N–H and O–H groups in total. The maximum atomic E-state index is 13.2. The zero-order chi connectivity index (χ0) is 29.5. The van der Waals surface area contributed by atoms with Gasteiger partial charge in [0.1, 0.15) is 17.4 Å². The zero-order valence-electron chi connectivity index (χ0n) is 22.3. The van der Waals surface area contributed by atoms with Gasteiger partial charge in [0.15, 0.2) is 5.82 Å². The predicted octanol–water partition coefficient (Wildman–Crippen LogP) is 5.92. The van der Waals surface area contributed by atoms with Gasteiger partial charge < -0.3 is 20.3 Å². The molecule has 0 atom stereocenters. The van der Waals surface area contributed by atoms with Crippen molar-refractivity contribution in [1.82, 2.24) is 19.9 Å². The van der Waals surface area contributed by atoms with E-state index in [1.54, 1.807) is 85.3 Å². The summed E-state index contributed by atoms with van der Waals surface area (Å²) in [5, 5.41) is 26.6. The Morgan fingerprint density at radius 2 is 1.79 bits per heavy atom. The largest absolute Gasteiger partial charge is 0.507 e. The number of nitrogens with one attached hydrogen (secondary N) is 2. The predicted molar refractivity (Wildman–Crippen MR) is 160 cm³/mol. The number of nitrogens with zero attached hydrogens (tertiary/aromatic N) is 4. The summed E-state index contributed by atoms with van der Waals surface area (Å²) < 4.78 is 1.93. The molecule has 3 aromatic carbocycles. The van der Waals surface area contributed by atoms with Gasteiger partial charge >= 0.3 is 0 Å². The van der Waals surface area contributed by atoms with Gasteiger partial charge in [0.2, 0.25) is 0 Å². The number of hydrogen-bond acceptors (Lipinski definition) is 6. The van der Waals surface area contributed by atoms with Crippen molar-refractivity contribution in [2.24, 2.45) is 0 Å². The highest BCUT2D eigenvalue weighted by Gasteiger charge is 2.20. The lowest BCUT2D eigenvalue weighted by Crippen LogP contribution is -2.25. The highest BCUT2D eigenvalue weighted by atomic mass is 35.5. The Bertz CT molecular complexity index is 1800. The summed E-state index contributed by atoms with van der Waals surface area (Å²) in [5.74, 6) is -0.836. The molecule has 2 aromatic heterocycles. The smallest absolute Gasteiger partial charge is 0.258 e. The Morgan fingerprint density at radius 1 is 0.976 bits per heavy atom. The molecule has 2 heterocycles. The van der Waals surface area contributed by atoms with Gasteiger partial charge in [-0.25, -0.2) is 9.97 Å². The van der Waals surface area contributed by atoms with Crippen LogP contribution in [-0.2, 0) is 6.54 Å². The first-order chi connectivity index (χ1) is 20.4. The summed E-state index contributed by atoms with van der Waals surface area (Å²) in [7, 11) is 0. The summed E-state index contributed by atoms with van der Waals surface area (Å²) in [6.45, 7) is 1.19. The SMILES string of the molecule is N#Cc1c(-c2cccc(C(=O)NCCCn3ccnc3)c2)cc(-c2ccccc2O)nc1NC(=O)c1ccccc1Cl. The van der Waals surface area contributed by atoms with E-state index in [9.17, 15) is 20.0 Å². The molecule has 2 amide bonds. The van der Waals surface area contributed by atoms with Crippen molar-refractivity contribution < 1.29 is 14.7 Å². The normalized spacial score (nSPS) is 10.6. The van der Waals surface area contributed by atoms with E-state index >= 15 is 0 Å². The average molecular weight is 577 g/mol. The van der Waals surface area contributed by atoms with E-state index in [2.05, 4.69) is 26.7 Å². The summed E-state index contributed by atoms with van der Waals surface area (Å²) >= 11 is 6.23. The summed E-state index contributed by atoms with van der Waals surface area (Å²) in [6.07, 6.45) is 6.02. The van der Waals surface area contributed by atoms with Crippen molar-refractivity contribution in [3.8, 4) is 34.2 Å². The van der Waals surface area contributed by atoms with Gasteiger partial charge in [-0.3, -0.25) is 9.59 Å². The molecule has 0 aliphatic carbocycles. The van der Waals surface area contributed by atoms with Crippen LogP contribution in [0.3, 0.4) is 0 Å². The molecular formula is C32H25ClN6O3. The molecule has 9 nitrogen and oxygen atoms in total. The molecule has 0 radical (unpaired) electrons. The lowest BCUT2D eigenvalue weighted by atomic mass is 9.96. The van der Waals surface area contributed by atoms with Gasteiger partial charge in [-0.15, -0.1) is 0 Å². The molecule has 5 rings (SSSR count). The number of aromatic nitrogens is 3. The van der Waals surface area contributed by atoms with Crippen LogP contribution in [0, 0.1) is 11.3 Å². The lowest BCUT2D eigenvalue weighted by Gasteiger charge is -2.15. The molecular weight excluding hydrogens is 552 g/mol. The van der Waals surface area contributed by atoms with E-state index in [1.165, 1.54) is 6.07 Å². The van der Waals surface area contributed by atoms with Crippen LogP contribution in [0.25, 0.3) is 22.4 Å². The van der Waals surface area contributed by atoms with Crippen LogP contribution in [0.1, 0.15) is 32.7 Å². The molecule has 5 aromatic rings. The number of aryl methyl sites for hydroxylation is 1. The molecule has 0 fully saturated rings. The minimum Gasteiger partial charge on any atom is -0.507 e. The third-order valence-electron chi connectivity index (χ3n) is 6.54. The van der Waals surface area contributed by atoms with Gasteiger partial charge in [-0.1, -0.05) is 48.0 Å². The molecule has 0 aliphatic rings. The number of halogens is 1. The van der Waals surface area contributed by atoms with Crippen molar-refractivity contribution in [2.75, 3.05) is 11.9 Å². The fourth-order valence-corrected chi connectivity index (χ4v) is 4.66. The first-order valence-electron chi connectivity index (χ1n) is 13.1. The van der Waals surface area contributed by atoms with E-state index in [1.807, 2.05) is 10.8 Å². The van der Waals surface area contributed by atoms with Gasteiger partial charge in [0.05, 0.1) is 22.6 Å². The van der Waals surface area contributed by atoms with E-state index in [0.29, 0.717) is 34.5 Å². The lowest BCUT2D eigenvalue weighted by molar-refractivity contribution is 0.0952. The van der Waals surface area contributed by atoms with Crippen LogP contribution in [0.4, 0.5) is 5.82 Å². The number of nitriles is 1. The van der Waals surface area contributed by atoms with E-state index in [4.69, 9.17) is 11.6 Å². The Hall–Kier alpha value is -5.46. The number of aromatic hydroxyl groups is 1. The van der Waals surface area contributed by atoms with E-state index < -0.39 is 5.91 Å². The van der Waals surface area contributed by atoms with Crippen molar-refractivity contribution in [1.29, 1.82) is 5.26 Å². The summed E-state index contributed by atoms with van der Waals surface area (Å²) in [5.41, 5.74) is 2.43. The quantitative estimate of drug-likeness (QED) is 0.187. The van der Waals surface area contributed by atoms with Crippen LogP contribution < -0.4 is 10.6 Å². The number of benzene rings is 3. The minimum atomic E-state index is -0.547. The fraction of sp³-hybridized carbons (Fsp3) is 0.0938. The molecule has 0 bridgehead atoms. The number of para-hydroxylation sites is 1. The van der Waals surface area contributed by atoms with Crippen molar-refractivity contribution in [2.45, 2.75) is 13.0 Å². The number of rotatable bonds is 9. The maximum absolute atomic E-state index is 13.2. The van der Waals surface area contributed by atoms with E-state index in [-0.39, 0.29) is 33.6 Å². The maximum Gasteiger partial charge on any atom is 0.258 e. The number of pyridine rings is 1. The zero-order valence-corrected chi connectivity index (χ0v) is 23.0. The fourth-order valence-electron chi connectivity index (χ4n) is 4.44. The summed E-state index contributed by atoms with van der Waals surface area (Å²) in [6, 6.07) is 23.8. The monoisotopic (exact) mass is 576 g/mol. The minimum absolute atomic E-state index is 0.00692. The number of imidazole rings is 1. The number of phenols is 1. The number of anilines is 1. The summed E-state index contributed by atoms with van der Waals surface area (Å²) in [4.78, 5) is 34.7. The molecule has 0 aliphatic heterocycles. The number of hydrogen-bond donors (Lipinski definition) is 3. The van der Waals surface area contributed by atoms with Gasteiger partial charge in [0, 0.05) is 42.2 Å². The molecule has 0 saturated heterocycles. The number of amides is 2. The van der Waals surface area contributed by atoms with Crippen LogP contribution in [-0.4, -0.2) is 38.0 Å². The second-order valence-corrected chi connectivity index (χ2v) is 9.74. The Kier molecular flexibility index (Phi) is 8.56. The molecule has 0 spiro atoms. The highest BCUT2D eigenvalue weighted by molar-refractivity contribution is 6.34. The van der Waals surface area contributed by atoms with Crippen molar-refractivity contribution >= 4 is 29.2 Å². The second kappa shape index (κ2) is 12.8. The number of carbonyl (C=O) groups excluding carboxylic acids is 2. The first-order valence-corrected chi connectivity index (χ1v) is 13.5. The molecule has 0 saturated carbocycles. The van der Waals surface area contributed by atoms with Gasteiger partial charge in [-0.05, 0) is 54.4 Å². The Labute approximate surface area is 247 Å². The van der Waals surface area contributed by atoms with Crippen LogP contribution in [0.5, 0.6) is 5.75 Å². The number of carbonyl (C=O) groups is 2. The molecule has 10 heteroatoms. The molecule has 42 heavy (non-hydrogen) atoms. The number of phenolic OH excluding ortho intramolecular Hbond substituents is 1. The van der Waals surface area contributed by atoms with Crippen molar-refractivity contribution in [3.63, 3.8) is 0 Å². The van der Waals surface area contributed by atoms with Gasteiger partial charge in [-0.2, -0.15) is 5.26 Å². The standard InChI is InChI=1S/C32H25ClN6O3/c33-27-11-3-1-9-23(27)32(42)38-30-26(19-34)25(18-28(37-30)24-10-2-4-12-29(24)40)21-7-5-8-22(17-21)31(41)36-13-6-15-39-16-14-35-20-39/h1-5,7-12,14,16-18,20,40H,6,13,15H2,(H,36,41)(H,37,38,42). The van der Waals surface area contributed by atoms with Crippen LogP contribution >= 0.6 is 11.6 Å². The molecule has 0 unspecified atom stereocenters. The van der Waals surface area contributed by atoms with Crippen molar-refractivity contribution in [3.05, 3.63) is 119 Å². The first kappa shape index (κ1) is 28.1. The highest BCUT2D eigenvalue weighted by Crippen LogP contribution is 2.36. The van der Waals surface area contributed by atoms with Crippen LogP contribution in [0.15, 0.2) is 97.6 Å².